The van der Waals surface area contributed by atoms with E-state index in [1.54, 1.807) is 4.90 Å². The molecular weight excluding hydrogens is 240 g/mol. The van der Waals surface area contributed by atoms with Crippen molar-refractivity contribution in [1.29, 1.82) is 0 Å². The average molecular weight is 255 g/mol. The zero-order valence-corrected chi connectivity index (χ0v) is 10.3. The fraction of sp³-hybridized carbons (Fsp3) is 0.462. The van der Waals surface area contributed by atoms with Crippen LogP contribution in [0.2, 0.25) is 0 Å². The van der Waals surface area contributed by atoms with Crippen molar-refractivity contribution < 1.29 is 18.3 Å². The van der Waals surface area contributed by atoms with Gasteiger partial charge < -0.3 is 4.74 Å². The van der Waals surface area contributed by atoms with E-state index in [0.29, 0.717) is 12.2 Å². The number of nitrogens with zero attached hydrogens (tertiary/aromatic N) is 1. The first-order chi connectivity index (χ1) is 8.49. The molecule has 0 saturated carbocycles. The number of carbonyl (C=O) groups is 1. The van der Waals surface area contributed by atoms with Crippen LogP contribution in [0.25, 0.3) is 0 Å². The first-order valence-corrected chi connectivity index (χ1v) is 5.86. The molecule has 3 nitrogen and oxygen atoms in total. The highest BCUT2D eigenvalue weighted by Gasteiger charge is 2.34. The standard InChI is InChI=1S/C13H15F2NO2/c1-8(2)12-7-18-13(17)16(12)6-9-3-4-10(14)11(15)5-9/h3-5,8,12H,6-7H2,1-2H3. The van der Waals surface area contributed by atoms with Gasteiger partial charge in [0, 0.05) is 6.54 Å². The maximum atomic E-state index is 13.1. The largest absolute Gasteiger partial charge is 0.447 e. The molecular formula is C13H15F2NO2. The zero-order chi connectivity index (χ0) is 13.3. The lowest BCUT2D eigenvalue weighted by molar-refractivity contribution is 0.155. The Labute approximate surface area is 104 Å². The van der Waals surface area contributed by atoms with Crippen LogP contribution in [0.3, 0.4) is 0 Å². The molecule has 1 heterocycles. The van der Waals surface area contributed by atoms with Crippen molar-refractivity contribution in [2.45, 2.75) is 26.4 Å². The SMILES string of the molecule is CC(C)C1COC(=O)N1Cc1ccc(F)c(F)c1. The lowest BCUT2D eigenvalue weighted by Crippen LogP contribution is -2.36. The molecule has 0 spiro atoms. The lowest BCUT2D eigenvalue weighted by atomic mass is 10.0. The topological polar surface area (TPSA) is 29.5 Å². The molecule has 0 aliphatic carbocycles. The van der Waals surface area contributed by atoms with E-state index in [0.717, 1.165) is 12.1 Å². The number of ether oxygens (including phenoxy) is 1. The van der Waals surface area contributed by atoms with E-state index < -0.39 is 17.7 Å². The van der Waals surface area contributed by atoms with Gasteiger partial charge in [0.05, 0.1) is 6.04 Å². The van der Waals surface area contributed by atoms with Gasteiger partial charge >= 0.3 is 6.09 Å². The monoisotopic (exact) mass is 255 g/mol. The van der Waals surface area contributed by atoms with Crippen molar-refractivity contribution >= 4 is 6.09 Å². The molecule has 0 N–H and O–H groups in total. The Kier molecular flexibility index (Phi) is 3.50. The van der Waals surface area contributed by atoms with Crippen molar-refractivity contribution in [3.63, 3.8) is 0 Å². The van der Waals surface area contributed by atoms with Crippen LogP contribution in [0.1, 0.15) is 19.4 Å². The summed E-state index contributed by atoms with van der Waals surface area (Å²) in [5.41, 5.74) is 0.554. The van der Waals surface area contributed by atoms with E-state index in [-0.39, 0.29) is 18.5 Å². The van der Waals surface area contributed by atoms with Gasteiger partial charge in [-0.05, 0) is 23.6 Å². The van der Waals surface area contributed by atoms with Crippen molar-refractivity contribution in [2.24, 2.45) is 5.92 Å². The Balaban J connectivity index is 2.16. The van der Waals surface area contributed by atoms with E-state index in [4.69, 9.17) is 4.74 Å². The highest BCUT2D eigenvalue weighted by Crippen LogP contribution is 2.22. The average Bonchev–Trinajstić information content (AvgIpc) is 2.66. The molecule has 98 valence electrons. The van der Waals surface area contributed by atoms with Crippen LogP contribution in [0, 0.1) is 17.6 Å². The molecule has 1 aromatic carbocycles. The van der Waals surface area contributed by atoms with Gasteiger partial charge in [-0.2, -0.15) is 0 Å². The quantitative estimate of drug-likeness (QED) is 0.831. The van der Waals surface area contributed by atoms with Gasteiger partial charge in [0.1, 0.15) is 6.61 Å². The van der Waals surface area contributed by atoms with E-state index in [9.17, 15) is 13.6 Å². The smallest absolute Gasteiger partial charge is 0.410 e. The van der Waals surface area contributed by atoms with Gasteiger partial charge in [0.15, 0.2) is 11.6 Å². The second-order valence-corrected chi connectivity index (χ2v) is 4.76. The van der Waals surface area contributed by atoms with Crippen LogP contribution in [-0.4, -0.2) is 23.6 Å². The first kappa shape index (κ1) is 12.8. The fourth-order valence-electron chi connectivity index (χ4n) is 2.03. The van der Waals surface area contributed by atoms with Gasteiger partial charge in [-0.15, -0.1) is 0 Å². The van der Waals surface area contributed by atoms with Crippen molar-refractivity contribution in [1.82, 2.24) is 4.90 Å². The van der Waals surface area contributed by atoms with Gasteiger partial charge in [0.25, 0.3) is 0 Å². The summed E-state index contributed by atoms with van der Waals surface area (Å²) in [6, 6.07) is 3.63. The van der Waals surface area contributed by atoms with Crippen LogP contribution < -0.4 is 0 Å². The summed E-state index contributed by atoms with van der Waals surface area (Å²) >= 11 is 0. The third kappa shape index (κ3) is 2.44. The summed E-state index contributed by atoms with van der Waals surface area (Å²) < 4.78 is 30.9. The van der Waals surface area contributed by atoms with Crippen molar-refractivity contribution in [3.8, 4) is 0 Å². The van der Waals surface area contributed by atoms with E-state index in [2.05, 4.69) is 0 Å². The minimum atomic E-state index is -0.902. The Morgan fingerprint density at radius 3 is 2.72 bits per heavy atom. The van der Waals surface area contributed by atoms with Gasteiger partial charge in [-0.1, -0.05) is 19.9 Å². The predicted octanol–water partition coefficient (Wildman–Crippen LogP) is 2.94. The summed E-state index contributed by atoms with van der Waals surface area (Å²) in [5.74, 6) is -1.54. The maximum absolute atomic E-state index is 13.1. The van der Waals surface area contributed by atoms with Crippen molar-refractivity contribution in [3.05, 3.63) is 35.4 Å². The molecule has 0 aromatic heterocycles. The van der Waals surface area contributed by atoms with Gasteiger partial charge in [0.2, 0.25) is 0 Å². The molecule has 18 heavy (non-hydrogen) atoms. The third-order valence-electron chi connectivity index (χ3n) is 3.12. The van der Waals surface area contributed by atoms with E-state index in [1.807, 2.05) is 13.8 Å². The van der Waals surface area contributed by atoms with Gasteiger partial charge in [-0.3, -0.25) is 4.90 Å². The molecule has 0 bridgehead atoms. The van der Waals surface area contributed by atoms with E-state index in [1.165, 1.54) is 6.07 Å². The number of halogens is 2. The predicted molar refractivity (Wildman–Crippen MR) is 61.9 cm³/mol. The normalized spacial score (nSPS) is 19.5. The number of rotatable bonds is 3. The number of amides is 1. The summed E-state index contributed by atoms with van der Waals surface area (Å²) in [6.45, 7) is 4.56. The van der Waals surface area contributed by atoms with Crippen LogP contribution >= 0.6 is 0 Å². The van der Waals surface area contributed by atoms with Crippen LogP contribution in [0.4, 0.5) is 13.6 Å². The summed E-state index contributed by atoms with van der Waals surface area (Å²) in [6.07, 6.45) is -0.404. The maximum Gasteiger partial charge on any atom is 0.410 e. The molecule has 2 rings (SSSR count). The highest BCUT2D eigenvalue weighted by molar-refractivity contribution is 5.70. The Bertz CT molecular complexity index is 462. The second-order valence-electron chi connectivity index (χ2n) is 4.76. The molecule has 1 aromatic rings. The molecule has 1 atom stereocenters. The van der Waals surface area contributed by atoms with Crippen LogP contribution in [-0.2, 0) is 11.3 Å². The molecule has 1 unspecified atom stereocenters. The number of hydrogen-bond acceptors (Lipinski definition) is 2. The van der Waals surface area contributed by atoms with E-state index >= 15 is 0 Å². The summed E-state index contributed by atoms with van der Waals surface area (Å²) in [4.78, 5) is 13.1. The Morgan fingerprint density at radius 1 is 1.39 bits per heavy atom. The molecule has 0 radical (unpaired) electrons. The van der Waals surface area contributed by atoms with Crippen LogP contribution in [0.5, 0.6) is 0 Å². The second kappa shape index (κ2) is 4.92. The number of benzene rings is 1. The third-order valence-corrected chi connectivity index (χ3v) is 3.12. The summed E-state index contributed by atoms with van der Waals surface area (Å²) in [5, 5.41) is 0. The molecule has 1 amide bonds. The highest BCUT2D eigenvalue weighted by atomic mass is 19.2. The molecule has 1 aliphatic rings. The van der Waals surface area contributed by atoms with Crippen LogP contribution in [0.15, 0.2) is 18.2 Å². The first-order valence-electron chi connectivity index (χ1n) is 5.86. The van der Waals surface area contributed by atoms with Crippen molar-refractivity contribution in [2.75, 3.05) is 6.61 Å². The zero-order valence-electron chi connectivity index (χ0n) is 10.3. The summed E-state index contributed by atoms with van der Waals surface area (Å²) in [7, 11) is 0. The fourth-order valence-corrected chi connectivity index (χ4v) is 2.03. The van der Waals surface area contributed by atoms with Gasteiger partial charge in [-0.25, -0.2) is 13.6 Å². The lowest BCUT2D eigenvalue weighted by Gasteiger charge is -2.24. The Morgan fingerprint density at radius 2 is 2.11 bits per heavy atom. The number of carbonyl (C=O) groups excluding carboxylic acids is 1. The Hall–Kier alpha value is -1.65. The molecule has 5 heteroatoms. The molecule has 1 aliphatic heterocycles. The minimum absolute atomic E-state index is 0.0226. The number of cyclic esters (lactones) is 1. The number of hydrogen-bond donors (Lipinski definition) is 0. The molecule has 1 fully saturated rings. The minimum Gasteiger partial charge on any atom is -0.447 e. The molecule has 1 saturated heterocycles.